The Morgan fingerprint density at radius 2 is 2.44 bits per heavy atom. The minimum Gasteiger partial charge on any atom is -0.771 e. The van der Waals surface area contributed by atoms with Gasteiger partial charge in [0.2, 0.25) is 0 Å². The molecule has 0 saturated heterocycles. The molecule has 3 nitrogen and oxygen atoms in total. The third kappa shape index (κ3) is 3.24. The molecule has 56 valence electrons. The molecule has 0 aromatic carbocycles. The minimum atomic E-state index is -2.37. The van der Waals surface area contributed by atoms with Gasteiger partial charge in [-0.05, 0) is 18.0 Å². The van der Waals surface area contributed by atoms with Gasteiger partial charge < -0.3 is 4.55 Å². The highest BCUT2D eigenvalue weighted by Crippen LogP contribution is 2.04. The van der Waals surface area contributed by atoms with E-state index < -0.39 is 16.5 Å². The van der Waals surface area contributed by atoms with Crippen molar-refractivity contribution in [1.82, 2.24) is 5.12 Å². The van der Waals surface area contributed by atoms with Gasteiger partial charge in [-0.3, -0.25) is 4.21 Å². The van der Waals surface area contributed by atoms with E-state index in [1.165, 1.54) is 6.92 Å². The number of nitrogens with zero attached hydrogens (tertiary/aromatic N) is 1. The molecule has 6 heteroatoms. The number of hydrogen-bond acceptors (Lipinski definition) is 3. The monoisotopic (exact) mass is 218 g/mol. The zero-order chi connectivity index (χ0) is 7.44. The van der Waals surface area contributed by atoms with Crippen molar-refractivity contribution in [3.63, 3.8) is 0 Å². The second-order valence-electron chi connectivity index (χ2n) is 1.38. The standard InChI is InChI=1S/C3H7BrFNO2S/c1-3(9(7)8)6(5)2-4/h3H,2H2,1H3,(H,7,8)/p-1. The van der Waals surface area contributed by atoms with Crippen LogP contribution in [-0.2, 0) is 11.1 Å². The Morgan fingerprint density at radius 3 is 2.56 bits per heavy atom. The fourth-order valence-corrected chi connectivity index (χ4v) is 1.08. The molecule has 0 heterocycles. The summed E-state index contributed by atoms with van der Waals surface area (Å²) in [5, 5.41) is -0.910. The first-order valence-electron chi connectivity index (χ1n) is 2.16. The topological polar surface area (TPSA) is 43.4 Å². The summed E-state index contributed by atoms with van der Waals surface area (Å²) in [5.74, 6) is 0. The first kappa shape index (κ1) is 9.48. The van der Waals surface area contributed by atoms with Crippen molar-refractivity contribution in [2.75, 3.05) is 5.45 Å². The molecule has 2 atom stereocenters. The first-order valence-corrected chi connectivity index (χ1v) is 4.42. The summed E-state index contributed by atoms with van der Waals surface area (Å²) in [6.07, 6.45) is 0. The summed E-state index contributed by atoms with van der Waals surface area (Å²) in [6, 6.07) is 0. The van der Waals surface area contributed by atoms with Gasteiger partial charge in [-0.2, -0.15) is 0 Å². The number of halogens is 2. The van der Waals surface area contributed by atoms with Crippen LogP contribution in [-0.4, -0.2) is 24.7 Å². The molecule has 0 aliphatic rings. The van der Waals surface area contributed by atoms with Crippen LogP contribution in [0.5, 0.6) is 0 Å². The van der Waals surface area contributed by atoms with E-state index in [1.807, 2.05) is 0 Å². The predicted molar refractivity (Wildman–Crippen MR) is 35.1 cm³/mol. The fraction of sp³-hybridized carbons (Fsp3) is 1.00. The van der Waals surface area contributed by atoms with Crippen molar-refractivity contribution in [2.24, 2.45) is 0 Å². The summed E-state index contributed by atoms with van der Waals surface area (Å²) in [4.78, 5) is 0. The summed E-state index contributed by atoms with van der Waals surface area (Å²) in [5.41, 5.74) is -0.0951. The SMILES string of the molecule is CC(N(F)CBr)S(=O)[O-]. The van der Waals surface area contributed by atoms with Gasteiger partial charge in [0.15, 0.2) is 0 Å². The van der Waals surface area contributed by atoms with Gasteiger partial charge in [0, 0.05) is 0 Å². The number of alkyl halides is 1. The van der Waals surface area contributed by atoms with Crippen molar-refractivity contribution < 1.29 is 13.2 Å². The Morgan fingerprint density at radius 1 is 2.00 bits per heavy atom. The van der Waals surface area contributed by atoms with Gasteiger partial charge in [-0.1, -0.05) is 15.9 Å². The minimum absolute atomic E-state index is 0.0951. The lowest BCUT2D eigenvalue weighted by Gasteiger charge is -2.19. The van der Waals surface area contributed by atoms with Gasteiger partial charge in [0.1, 0.15) is 5.37 Å². The average Bonchev–Trinajstić information content (AvgIpc) is 1.84. The highest BCUT2D eigenvalue weighted by Gasteiger charge is 2.10. The third-order valence-corrected chi connectivity index (χ3v) is 2.05. The summed E-state index contributed by atoms with van der Waals surface area (Å²) >= 11 is 0.392. The van der Waals surface area contributed by atoms with Crippen LogP contribution in [0.1, 0.15) is 6.92 Å². The smallest absolute Gasteiger partial charge is 0.100 e. The lowest BCUT2D eigenvalue weighted by Crippen LogP contribution is -2.27. The van der Waals surface area contributed by atoms with E-state index in [9.17, 15) is 13.2 Å². The van der Waals surface area contributed by atoms with Crippen molar-refractivity contribution in [2.45, 2.75) is 12.3 Å². The van der Waals surface area contributed by atoms with E-state index in [-0.39, 0.29) is 10.6 Å². The highest BCUT2D eigenvalue weighted by molar-refractivity contribution is 9.09. The van der Waals surface area contributed by atoms with E-state index >= 15 is 0 Å². The van der Waals surface area contributed by atoms with Crippen LogP contribution >= 0.6 is 15.9 Å². The largest absolute Gasteiger partial charge is 0.771 e. The van der Waals surface area contributed by atoms with Crippen LogP contribution in [0.25, 0.3) is 0 Å². The summed E-state index contributed by atoms with van der Waals surface area (Å²) in [7, 11) is 0. The van der Waals surface area contributed by atoms with Crippen molar-refractivity contribution in [3.8, 4) is 0 Å². The lowest BCUT2D eigenvalue weighted by atomic mass is 10.7. The molecule has 0 aliphatic carbocycles. The molecular formula is C3H6BrFNO2S-. The first-order chi connectivity index (χ1) is 4.09. The number of rotatable bonds is 3. The zero-order valence-electron chi connectivity index (χ0n) is 4.71. The molecule has 0 saturated carbocycles. The Kier molecular flexibility index (Phi) is 4.55. The van der Waals surface area contributed by atoms with Gasteiger partial charge in [-0.25, -0.2) is 0 Å². The van der Waals surface area contributed by atoms with Gasteiger partial charge in [0.05, 0.1) is 5.45 Å². The molecule has 0 N–H and O–H groups in total. The van der Waals surface area contributed by atoms with Gasteiger partial charge >= 0.3 is 0 Å². The van der Waals surface area contributed by atoms with Crippen molar-refractivity contribution in [3.05, 3.63) is 0 Å². The van der Waals surface area contributed by atoms with Gasteiger partial charge in [-0.15, -0.1) is 9.60 Å². The van der Waals surface area contributed by atoms with Crippen LogP contribution in [0.15, 0.2) is 0 Å². The Bertz CT molecular complexity index is 114. The predicted octanol–water partition coefficient (Wildman–Crippen LogP) is 0.750. The molecule has 2 unspecified atom stereocenters. The maximum atomic E-state index is 12.2. The molecule has 0 radical (unpaired) electrons. The number of hydrogen-bond donors (Lipinski definition) is 0. The molecule has 0 rings (SSSR count). The van der Waals surface area contributed by atoms with E-state index in [0.717, 1.165) is 0 Å². The van der Waals surface area contributed by atoms with E-state index in [4.69, 9.17) is 0 Å². The van der Waals surface area contributed by atoms with Crippen LogP contribution in [0.3, 0.4) is 0 Å². The maximum absolute atomic E-state index is 12.2. The molecule has 0 bridgehead atoms. The van der Waals surface area contributed by atoms with Gasteiger partial charge in [0.25, 0.3) is 0 Å². The second-order valence-corrected chi connectivity index (χ2v) is 3.08. The molecular weight excluding hydrogens is 213 g/mol. The molecule has 0 aliphatic heterocycles. The fourth-order valence-electron chi connectivity index (χ4n) is 0.191. The van der Waals surface area contributed by atoms with Crippen molar-refractivity contribution >= 4 is 27.0 Å². The normalized spacial score (nSPS) is 17.9. The van der Waals surface area contributed by atoms with Crippen LogP contribution in [0.4, 0.5) is 4.48 Å². The summed E-state index contributed by atoms with van der Waals surface area (Å²) < 4.78 is 32.2. The maximum Gasteiger partial charge on any atom is 0.100 e. The molecule has 0 aromatic rings. The van der Waals surface area contributed by atoms with Crippen LogP contribution in [0.2, 0.25) is 0 Å². The van der Waals surface area contributed by atoms with Crippen molar-refractivity contribution in [1.29, 1.82) is 0 Å². The van der Waals surface area contributed by atoms with E-state index in [2.05, 4.69) is 15.9 Å². The second kappa shape index (κ2) is 4.32. The third-order valence-electron chi connectivity index (χ3n) is 0.787. The Labute approximate surface area is 63.6 Å². The highest BCUT2D eigenvalue weighted by atomic mass is 79.9. The van der Waals surface area contributed by atoms with Crippen LogP contribution < -0.4 is 0 Å². The average molecular weight is 219 g/mol. The molecule has 0 fully saturated rings. The lowest BCUT2D eigenvalue weighted by molar-refractivity contribution is 0.0413. The Balaban J connectivity index is 3.72. The Hall–Kier alpha value is 0.480. The molecule has 9 heavy (non-hydrogen) atoms. The van der Waals surface area contributed by atoms with E-state index in [1.54, 1.807) is 0 Å². The van der Waals surface area contributed by atoms with Crippen LogP contribution in [0, 0.1) is 0 Å². The summed E-state index contributed by atoms with van der Waals surface area (Å²) in [6.45, 7) is 1.25. The zero-order valence-corrected chi connectivity index (χ0v) is 7.11. The quantitative estimate of drug-likeness (QED) is 0.304. The van der Waals surface area contributed by atoms with E-state index in [0.29, 0.717) is 0 Å². The molecule has 0 amide bonds. The molecule has 0 aromatic heterocycles. The molecule has 0 spiro atoms.